The van der Waals surface area contributed by atoms with Crippen molar-refractivity contribution in [2.24, 2.45) is 5.92 Å². The zero-order chi connectivity index (χ0) is 15.4. The SMILES string of the molecule is CN(CC1CCCCC1)C(=O)C1(n2cccn2)CCNCC1.Cl. The van der Waals surface area contributed by atoms with Crippen molar-refractivity contribution in [1.29, 1.82) is 0 Å². The van der Waals surface area contributed by atoms with Crippen LogP contribution in [0.1, 0.15) is 44.9 Å². The van der Waals surface area contributed by atoms with E-state index in [9.17, 15) is 4.79 Å². The summed E-state index contributed by atoms with van der Waals surface area (Å²) >= 11 is 0. The molecule has 3 rings (SSSR count). The van der Waals surface area contributed by atoms with Gasteiger partial charge in [-0.05, 0) is 50.8 Å². The average Bonchev–Trinajstić information content (AvgIpc) is 3.11. The number of hydrogen-bond donors (Lipinski definition) is 1. The Morgan fingerprint density at radius 3 is 2.61 bits per heavy atom. The second-order valence-corrected chi connectivity index (χ2v) is 6.92. The van der Waals surface area contributed by atoms with E-state index in [1.54, 1.807) is 6.20 Å². The van der Waals surface area contributed by atoms with Gasteiger partial charge in [0.25, 0.3) is 0 Å². The molecule has 0 spiro atoms. The number of amides is 1. The van der Waals surface area contributed by atoms with Gasteiger partial charge in [0.05, 0.1) is 0 Å². The van der Waals surface area contributed by atoms with Crippen LogP contribution in [0, 0.1) is 5.92 Å². The first kappa shape index (κ1) is 18.3. The van der Waals surface area contributed by atoms with Gasteiger partial charge in [0, 0.05) is 26.0 Å². The molecule has 1 aromatic rings. The molecular formula is C17H29ClN4O. The third-order valence-corrected chi connectivity index (χ3v) is 5.38. The molecule has 0 aromatic carbocycles. The van der Waals surface area contributed by atoms with Crippen molar-refractivity contribution < 1.29 is 4.79 Å². The van der Waals surface area contributed by atoms with E-state index in [4.69, 9.17) is 0 Å². The van der Waals surface area contributed by atoms with Crippen molar-refractivity contribution in [2.45, 2.75) is 50.5 Å². The fourth-order valence-electron chi connectivity index (χ4n) is 4.10. The summed E-state index contributed by atoms with van der Waals surface area (Å²) in [5, 5.41) is 7.77. The van der Waals surface area contributed by atoms with E-state index in [-0.39, 0.29) is 18.3 Å². The molecule has 1 saturated carbocycles. The van der Waals surface area contributed by atoms with Gasteiger partial charge < -0.3 is 10.2 Å². The largest absolute Gasteiger partial charge is 0.343 e. The lowest BCUT2D eigenvalue weighted by Gasteiger charge is -2.40. The molecule has 5 nitrogen and oxygen atoms in total. The number of likely N-dealkylation sites (N-methyl/N-ethyl adjacent to an activating group) is 1. The maximum Gasteiger partial charge on any atom is 0.250 e. The summed E-state index contributed by atoms with van der Waals surface area (Å²) < 4.78 is 1.90. The van der Waals surface area contributed by atoms with Crippen LogP contribution in [0.3, 0.4) is 0 Å². The third-order valence-electron chi connectivity index (χ3n) is 5.38. The Balaban J connectivity index is 0.00000192. The van der Waals surface area contributed by atoms with E-state index in [1.165, 1.54) is 32.1 Å². The Labute approximate surface area is 145 Å². The van der Waals surface area contributed by atoms with Gasteiger partial charge in [-0.3, -0.25) is 9.48 Å². The van der Waals surface area contributed by atoms with Crippen LogP contribution in [0.15, 0.2) is 18.5 Å². The minimum atomic E-state index is -0.488. The number of carbonyl (C=O) groups excluding carboxylic acids is 1. The second-order valence-electron chi connectivity index (χ2n) is 6.92. The van der Waals surface area contributed by atoms with Gasteiger partial charge in [-0.1, -0.05) is 19.3 Å². The molecular weight excluding hydrogens is 312 g/mol. The highest BCUT2D eigenvalue weighted by molar-refractivity contribution is 5.85. The smallest absolute Gasteiger partial charge is 0.250 e. The Morgan fingerprint density at radius 2 is 2.00 bits per heavy atom. The number of aromatic nitrogens is 2. The third kappa shape index (κ3) is 3.89. The fourth-order valence-corrected chi connectivity index (χ4v) is 4.10. The lowest BCUT2D eigenvalue weighted by atomic mass is 9.85. The van der Waals surface area contributed by atoms with Crippen LogP contribution >= 0.6 is 12.4 Å². The number of carbonyl (C=O) groups is 1. The molecule has 0 atom stereocenters. The molecule has 1 aliphatic carbocycles. The van der Waals surface area contributed by atoms with Gasteiger partial charge in [0.15, 0.2) is 0 Å². The second kappa shape index (κ2) is 8.15. The number of rotatable bonds is 4. The van der Waals surface area contributed by atoms with Crippen molar-refractivity contribution in [3.8, 4) is 0 Å². The molecule has 130 valence electrons. The monoisotopic (exact) mass is 340 g/mol. The number of hydrogen-bond acceptors (Lipinski definition) is 3. The van der Waals surface area contributed by atoms with E-state index >= 15 is 0 Å². The molecule has 6 heteroatoms. The molecule has 0 unspecified atom stereocenters. The van der Waals surface area contributed by atoms with Crippen molar-refractivity contribution in [3.05, 3.63) is 18.5 Å². The lowest BCUT2D eigenvalue weighted by Crippen LogP contribution is -2.55. The van der Waals surface area contributed by atoms with Crippen LogP contribution in [0.25, 0.3) is 0 Å². The van der Waals surface area contributed by atoms with E-state index in [1.807, 2.05) is 28.9 Å². The van der Waals surface area contributed by atoms with Crippen molar-refractivity contribution in [1.82, 2.24) is 20.0 Å². The minimum Gasteiger partial charge on any atom is -0.343 e. The Morgan fingerprint density at radius 1 is 1.30 bits per heavy atom. The topological polar surface area (TPSA) is 50.2 Å². The summed E-state index contributed by atoms with van der Waals surface area (Å²) in [6.45, 7) is 2.65. The number of nitrogens with zero attached hydrogens (tertiary/aromatic N) is 3. The van der Waals surface area contributed by atoms with Gasteiger partial charge in [0.2, 0.25) is 5.91 Å². The maximum absolute atomic E-state index is 13.2. The highest BCUT2D eigenvalue weighted by atomic mass is 35.5. The van der Waals surface area contributed by atoms with Crippen molar-refractivity contribution in [2.75, 3.05) is 26.7 Å². The normalized spacial score (nSPS) is 21.4. The first-order chi connectivity index (χ1) is 10.7. The average molecular weight is 341 g/mol. The molecule has 0 bridgehead atoms. The molecule has 1 N–H and O–H groups in total. The zero-order valence-electron chi connectivity index (χ0n) is 14.0. The lowest BCUT2D eigenvalue weighted by molar-refractivity contribution is -0.142. The van der Waals surface area contributed by atoms with Gasteiger partial charge >= 0.3 is 0 Å². The van der Waals surface area contributed by atoms with Crippen molar-refractivity contribution in [3.63, 3.8) is 0 Å². The Hall–Kier alpha value is -1.07. The van der Waals surface area contributed by atoms with Crippen LogP contribution < -0.4 is 5.32 Å². The van der Waals surface area contributed by atoms with Gasteiger partial charge in [0.1, 0.15) is 5.54 Å². The van der Waals surface area contributed by atoms with Crippen LogP contribution in [-0.2, 0) is 10.3 Å². The zero-order valence-corrected chi connectivity index (χ0v) is 14.9. The first-order valence-corrected chi connectivity index (χ1v) is 8.69. The first-order valence-electron chi connectivity index (χ1n) is 8.69. The highest BCUT2D eigenvalue weighted by Gasteiger charge is 2.43. The Kier molecular flexibility index (Phi) is 6.48. The van der Waals surface area contributed by atoms with Gasteiger partial charge in [-0.15, -0.1) is 12.4 Å². The molecule has 1 saturated heterocycles. The maximum atomic E-state index is 13.2. The summed E-state index contributed by atoms with van der Waals surface area (Å²) in [7, 11) is 1.98. The van der Waals surface area contributed by atoms with E-state index in [0.717, 1.165) is 32.5 Å². The van der Waals surface area contributed by atoms with Crippen molar-refractivity contribution >= 4 is 18.3 Å². The van der Waals surface area contributed by atoms with E-state index in [0.29, 0.717) is 5.92 Å². The number of nitrogens with one attached hydrogen (secondary N) is 1. The molecule has 23 heavy (non-hydrogen) atoms. The van der Waals surface area contributed by atoms with Crippen LogP contribution in [-0.4, -0.2) is 47.3 Å². The number of piperidine rings is 1. The molecule has 2 heterocycles. The van der Waals surface area contributed by atoms with Gasteiger partial charge in [-0.25, -0.2) is 0 Å². The molecule has 1 amide bonds. The summed E-state index contributed by atoms with van der Waals surface area (Å²) in [6.07, 6.45) is 11.9. The van der Waals surface area contributed by atoms with E-state index in [2.05, 4.69) is 10.4 Å². The van der Waals surface area contributed by atoms with Crippen LogP contribution in [0.5, 0.6) is 0 Å². The van der Waals surface area contributed by atoms with E-state index < -0.39 is 5.54 Å². The molecule has 2 fully saturated rings. The molecule has 2 aliphatic rings. The summed E-state index contributed by atoms with van der Waals surface area (Å²) in [4.78, 5) is 15.2. The predicted octanol–water partition coefficient (Wildman–Crippen LogP) is 2.42. The van der Waals surface area contributed by atoms with Crippen LogP contribution in [0.2, 0.25) is 0 Å². The highest BCUT2D eigenvalue weighted by Crippen LogP contribution is 2.30. The fraction of sp³-hybridized carbons (Fsp3) is 0.765. The summed E-state index contributed by atoms with van der Waals surface area (Å²) in [6, 6.07) is 1.91. The standard InChI is InChI=1S/C17H28N4O.ClH/c1-20(14-15-6-3-2-4-7-15)16(22)17(8-11-18-12-9-17)21-13-5-10-19-21;/h5,10,13,15,18H,2-4,6-9,11-12,14H2,1H3;1H. The van der Waals surface area contributed by atoms with Gasteiger partial charge in [-0.2, -0.15) is 5.10 Å². The quantitative estimate of drug-likeness (QED) is 0.915. The Bertz CT molecular complexity index is 479. The molecule has 0 radical (unpaired) electrons. The molecule has 1 aromatic heterocycles. The minimum absolute atomic E-state index is 0. The number of halogens is 1. The molecule has 1 aliphatic heterocycles. The summed E-state index contributed by atoms with van der Waals surface area (Å²) in [5.74, 6) is 0.919. The predicted molar refractivity (Wildman–Crippen MR) is 93.8 cm³/mol. The summed E-state index contributed by atoms with van der Waals surface area (Å²) in [5.41, 5.74) is -0.488. The van der Waals surface area contributed by atoms with Crippen LogP contribution in [0.4, 0.5) is 0 Å².